The van der Waals surface area contributed by atoms with E-state index in [0.717, 1.165) is 25.9 Å². The predicted octanol–water partition coefficient (Wildman–Crippen LogP) is 3.29. The van der Waals surface area contributed by atoms with Crippen molar-refractivity contribution < 1.29 is 0 Å². The van der Waals surface area contributed by atoms with Crippen molar-refractivity contribution in [3.05, 3.63) is 22.4 Å². The molecule has 0 aliphatic rings. The van der Waals surface area contributed by atoms with Crippen LogP contribution in [-0.4, -0.2) is 18.5 Å². The standard InChI is InChI=1S/C11H18ClNS/c1-10(12)3-2-6-13-7-4-11-5-8-14-9-11/h5,8-10,13H,2-4,6-7H2,1H3. The molecule has 1 rings (SSSR count). The molecular formula is C11H18ClNS. The van der Waals surface area contributed by atoms with Crippen LogP contribution in [0.3, 0.4) is 0 Å². The van der Waals surface area contributed by atoms with Crippen LogP contribution >= 0.6 is 22.9 Å². The van der Waals surface area contributed by atoms with E-state index in [4.69, 9.17) is 11.6 Å². The second-order valence-electron chi connectivity index (χ2n) is 3.55. The van der Waals surface area contributed by atoms with E-state index >= 15 is 0 Å². The van der Waals surface area contributed by atoms with Crippen molar-refractivity contribution in [3.8, 4) is 0 Å². The van der Waals surface area contributed by atoms with E-state index in [1.165, 1.54) is 12.0 Å². The number of nitrogens with one attached hydrogen (secondary N) is 1. The van der Waals surface area contributed by atoms with E-state index in [2.05, 4.69) is 22.1 Å². The Hall–Kier alpha value is -0.0500. The van der Waals surface area contributed by atoms with Gasteiger partial charge in [-0.3, -0.25) is 0 Å². The summed E-state index contributed by atoms with van der Waals surface area (Å²) >= 11 is 7.61. The van der Waals surface area contributed by atoms with Crippen molar-refractivity contribution in [1.82, 2.24) is 5.32 Å². The summed E-state index contributed by atoms with van der Waals surface area (Å²) in [6.45, 7) is 4.21. The number of hydrogen-bond donors (Lipinski definition) is 1. The Kier molecular flexibility index (Phi) is 6.24. The molecule has 1 aromatic heterocycles. The molecule has 1 unspecified atom stereocenters. The Bertz CT molecular complexity index is 221. The zero-order chi connectivity index (χ0) is 10.2. The summed E-state index contributed by atoms with van der Waals surface area (Å²) in [5, 5.41) is 8.08. The molecule has 0 spiro atoms. The SMILES string of the molecule is CC(Cl)CCCNCCc1ccsc1. The summed E-state index contributed by atoms with van der Waals surface area (Å²) in [7, 11) is 0. The predicted molar refractivity (Wildman–Crippen MR) is 65.4 cm³/mol. The second kappa shape index (κ2) is 7.27. The zero-order valence-corrected chi connectivity index (χ0v) is 10.2. The first-order chi connectivity index (χ1) is 6.79. The van der Waals surface area contributed by atoms with E-state index in [0.29, 0.717) is 5.38 Å². The van der Waals surface area contributed by atoms with E-state index in [9.17, 15) is 0 Å². The van der Waals surface area contributed by atoms with Crippen LogP contribution < -0.4 is 5.32 Å². The highest BCUT2D eigenvalue weighted by Crippen LogP contribution is 2.06. The highest BCUT2D eigenvalue weighted by atomic mass is 35.5. The van der Waals surface area contributed by atoms with Gasteiger partial charge in [0.15, 0.2) is 0 Å². The number of hydrogen-bond acceptors (Lipinski definition) is 2. The van der Waals surface area contributed by atoms with Gasteiger partial charge in [-0.05, 0) is 61.7 Å². The first-order valence-corrected chi connectivity index (χ1v) is 6.53. The number of halogens is 1. The van der Waals surface area contributed by atoms with Gasteiger partial charge in [-0.25, -0.2) is 0 Å². The van der Waals surface area contributed by atoms with Crippen LogP contribution in [0.5, 0.6) is 0 Å². The minimum atomic E-state index is 0.314. The van der Waals surface area contributed by atoms with E-state index in [-0.39, 0.29) is 0 Å². The molecule has 3 heteroatoms. The molecule has 0 saturated heterocycles. The van der Waals surface area contributed by atoms with Crippen molar-refractivity contribution in [2.45, 2.75) is 31.6 Å². The third kappa shape index (κ3) is 5.63. The minimum absolute atomic E-state index is 0.314. The van der Waals surface area contributed by atoms with Crippen molar-refractivity contribution in [1.29, 1.82) is 0 Å². The van der Waals surface area contributed by atoms with Gasteiger partial charge in [0.05, 0.1) is 0 Å². The Morgan fingerprint density at radius 1 is 1.50 bits per heavy atom. The Labute approximate surface area is 95.5 Å². The molecule has 1 heterocycles. The highest BCUT2D eigenvalue weighted by Gasteiger charge is 1.96. The maximum atomic E-state index is 5.85. The molecule has 0 aliphatic carbocycles. The molecule has 1 atom stereocenters. The van der Waals surface area contributed by atoms with Crippen LogP contribution in [0.2, 0.25) is 0 Å². The van der Waals surface area contributed by atoms with E-state index in [1.807, 2.05) is 6.92 Å². The lowest BCUT2D eigenvalue weighted by molar-refractivity contribution is 0.619. The fourth-order valence-electron chi connectivity index (χ4n) is 1.30. The maximum Gasteiger partial charge on any atom is 0.0308 e. The quantitative estimate of drug-likeness (QED) is 0.561. The first-order valence-electron chi connectivity index (χ1n) is 5.15. The summed E-state index contributed by atoms with van der Waals surface area (Å²) in [5.41, 5.74) is 1.44. The smallest absolute Gasteiger partial charge is 0.0308 e. The second-order valence-corrected chi connectivity index (χ2v) is 5.08. The summed E-state index contributed by atoms with van der Waals surface area (Å²) in [5.74, 6) is 0. The van der Waals surface area contributed by atoms with Crippen LogP contribution in [0.4, 0.5) is 0 Å². The Morgan fingerprint density at radius 3 is 3.00 bits per heavy atom. The molecule has 14 heavy (non-hydrogen) atoms. The zero-order valence-electron chi connectivity index (χ0n) is 8.63. The van der Waals surface area contributed by atoms with Crippen LogP contribution in [-0.2, 0) is 6.42 Å². The lowest BCUT2D eigenvalue weighted by atomic mass is 10.2. The van der Waals surface area contributed by atoms with Crippen molar-refractivity contribution in [2.75, 3.05) is 13.1 Å². The molecule has 0 saturated carbocycles. The molecule has 1 nitrogen and oxygen atoms in total. The fraction of sp³-hybridized carbons (Fsp3) is 0.636. The van der Waals surface area contributed by atoms with Gasteiger partial charge in [-0.2, -0.15) is 11.3 Å². The lowest BCUT2D eigenvalue weighted by Crippen LogP contribution is -2.18. The molecule has 0 aliphatic heterocycles. The minimum Gasteiger partial charge on any atom is -0.316 e. The topological polar surface area (TPSA) is 12.0 Å². The van der Waals surface area contributed by atoms with Crippen molar-refractivity contribution in [2.24, 2.45) is 0 Å². The molecular weight excluding hydrogens is 214 g/mol. The molecule has 0 aromatic carbocycles. The van der Waals surface area contributed by atoms with Gasteiger partial charge in [-0.1, -0.05) is 0 Å². The normalized spacial score (nSPS) is 13.0. The first kappa shape index (κ1) is 12.0. The largest absolute Gasteiger partial charge is 0.316 e. The van der Waals surface area contributed by atoms with Crippen LogP contribution in [0.25, 0.3) is 0 Å². The van der Waals surface area contributed by atoms with E-state index in [1.54, 1.807) is 11.3 Å². The van der Waals surface area contributed by atoms with Gasteiger partial charge < -0.3 is 5.32 Å². The van der Waals surface area contributed by atoms with E-state index < -0.39 is 0 Å². The van der Waals surface area contributed by atoms with Crippen molar-refractivity contribution >= 4 is 22.9 Å². The van der Waals surface area contributed by atoms with Gasteiger partial charge in [0.25, 0.3) is 0 Å². The number of thiophene rings is 1. The monoisotopic (exact) mass is 231 g/mol. The summed E-state index contributed by atoms with van der Waals surface area (Å²) < 4.78 is 0. The average Bonchev–Trinajstić information content (AvgIpc) is 2.63. The Morgan fingerprint density at radius 2 is 2.36 bits per heavy atom. The maximum absolute atomic E-state index is 5.85. The van der Waals surface area contributed by atoms with Gasteiger partial charge in [0.1, 0.15) is 0 Å². The van der Waals surface area contributed by atoms with Crippen LogP contribution in [0.15, 0.2) is 16.8 Å². The summed E-state index contributed by atoms with van der Waals surface area (Å²) in [6, 6.07) is 2.19. The Balaban J connectivity index is 1.90. The molecule has 1 aromatic rings. The van der Waals surface area contributed by atoms with Gasteiger partial charge in [0.2, 0.25) is 0 Å². The molecule has 80 valence electrons. The molecule has 0 amide bonds. The van der Waals surface area contributed by atoms with Crippen LogP contribution in [0.1, 0.15) is 25.3 Å². The molecule has 1 N–H and O–H groups in total. The van der Waals surface area contributed by atoms with Crippen molar-refractivity contribution in [3.63, 3.8) is 0 Å². The van der Waals surface area contributed by atoms with Gasteiger partial charge in [-0.15, -0.1) is 11.6 Å². The van der Waals surface area contributed by atoms with Gasteiger partial charge in [0, 0.05) is 5.38 Å². The summed E-state index contributed by atoms with van der Waals surface area (Å²) in [6.07, 6.45) is 3.42. The number of rotatable bonds is 7. The molecule has 0 radical (unpaired) electrons. The third-order valence-corrected chi connectivity index (χ3v) is 3.08. The average molecular weight is 232 g/mol. The molecule has 0 fully saturated rings. The van der Waals surface area contributed by atoms with Gasteiger partial charge >= 0.3 is 0 Å². The summed E-state index contributed by atoms with van der Waals surface area (Å²) in [4.78, 5) is 0. The molecule has 0 bridgehead atoms. The number of alkyl halides is 1. The lowest BCUT2D eigenvalue weighted by Gasteiger charge is -2.04. The highest BCUT2D eigenvalue weighted by molar-refractivity contribution is 7.07. The fourth-order valence-corrected chi connectivity index (χ4v) is 2.16. The van der Waals surface area contributed by atoms with Crippen LogP contribution in [0, 0.1) is 0 Å². The third-order valence-electron chi connectivity index (χ3n) is 2.13.